The normalized spacial score (nSPS) is 47.1. The zero-order valence-corrected chi connectivity index (χ0v) is 9.35. The summed E-state index contributed by atoms with van der Waals surface area (Å²) in [6.07, 6.45) is 3.99. The Hall–Kier alpha value is -1.22. The minimum absolute atomic E-state index is 0.0804. The first-order valence-corrected chi connectivity index (χ1v) is 5.77. The van der Waals surface area contributed by atoms with Gasteiger partial charge in [0, 0.05) is 11.5 Å². The van der Waals surface area contributed by atoms with E-state index >= 15 is 0 Å². The van der Waals surface area contributed by atoms with Crippen LogP contribution in [-0.4, -0.2) is 19.6 Å². The first-order valence-electron chi connectivity index (χ1n) is 5.77. The fraction of sp³-hybridized carbons (Fsp3) is 0.909. The third-order valence-corrected chi connectivity index (χ3v) is 5.22. The molecular formula is C11H15N3O2. The average molecular weight is 221 g/mol. The molecule has 2 atom stereocenters. The van der Waals surface area contributed by atoms with Gasteiger partial charge >= 0.3 is 5.97 Å². The molecule has 0 aliphatic heterocycles. The molecule has 16 heavy (non-hydrogen) atoms. The lowest BCUT2D eigenvalue weighted by molar-refractivity contribution is -0.157. The van der Waals surface area contributed by atoms with Crippen LogP contribution in [0.5, 0.6) is 0 Å². The molecule has 0 amide bonds. The minimum atomic E-state index is -0.328. The van der Waals surface area contributed by atoms with Crippen LogP contribution in [0.25, 0.3) is 10.4 Å². The Labute approximate surface area is 93.8 Å². The predicted molar refractivity (Wildman–Crippen MR) is 56.3 cm³/mol. The van der Waals surface area contributed by atoms with Crippen molar-refractivity contribution in [3.05, 3.63) is 10.4 Å². The number of methoxy groups -OCH3 is 1. The highest BCUT2D eigenvalue weighted by atomic mass is 16.5. The topological polar surface area (TPSA) is 75.1 Å². The molecule has 0 aromatic rings. The second-order valence-corrected chi connectivity index (χ2v) is 5.58. The van der Waals surface area contributed by atoms with Gasteiger partial charge in [0.1, 0.15) is 0 Å². The molecule has 0 aromatic carbocycles. The molecule has 5 heteroatoms. The molecule has 0 aromatic heterocycles. The summed E-state index contributed by atoms with van der Waals surface area (Å²) in [6.45, 7) is 0.464. The number of esters is 1. The zero-order chi connectivity index (χ0) is 11.4. The van der Waals surface area contributed by atoms with E-state index in [-0.39, 0.29) is 16.8 Å². The van der Waals surface area contributed by atoms with Crippen LogP contribution in [0, 0.1) is 22.7 Å². The van der Waals surface area contributed by atoms with Gasteiger partial charge in [-0.15, -0.1) is 0 Å². The fourth-order valence-corrected chi connectivity index (χ4v) is 4.73. The highest BCUT2D eigenvalue weighted by Crippen LogP contribution is 2.76. The summed E-state index contributed by atoms with van der Waals surface area (Å²) in [7, 11) is 1.46. The van der Waals surface area contributed by atoms with E-state index in [9.17, 15) is 4.79 Å². The molecule has 0 spiro atoms. The van der Waals surface area contributed by atoms with Crippen molar-refractivity contribution in [3.8, 4) is 0 Å². The van der Waals surface area contributed by atoms with Gasteiger partial charge in [0.05, 0.1) is 12.5 Å². The van der Waals surface area contributed by atoms with Crippen LogP contribution in [0.15, 0.2) is 5.11 Å². The molecule has 2 unspecified atom stereocenters. The molecule has 5 nitrogen and oxygen atoms in total. The van der Waals surface area contributed by atoms with Gasteiger partial charge in [-0.05, 0) is 48.5 Å². The third kappa shape index (κ3) is 0.884. The third-order valence-electron chi connectivity index (χ3n) is 5.22. The number of carbonyl (C=O) groups excluding carboxylic acids is 1. The largest absolute Gasteiger partial charge is 0.469 e. The first-order chi connectivity index (χ1) is 7.67. The number of hydrogen-bond donors (Lipinski definition) is 0. The Morgan fingerprint density at radius 2 is 2.06 bits per heavy atom. The van der Waals surface area contributed by atoms with Crippen molar-refractivity contribution in [1.82, 2.24) is 0 Å². The van der Waals surface area contributed by atoms with E-state index in [1.165, 1.54) is 7.11 Å². The molecule has 86 valence electrons. The van der Waals surface area contributed by atoms with E-state index in [2.05, 4.69) is 10.0 Å². The van der Waals surface area contributed by atoms with Gasteiger partial charge in [-0.25, -0.2) is 0 Å². The zero-order valence-electron chi connectivity index (χ0n) is 9.35. The molecule has 0 heterocycles. The lowest BCUT2D eigenvalue weighted by Gasteiger charge is -2.37. The van der Waals surface area contributed by atoms with Gasteiger partial charge in [-0.1, -0.05) is 5.11 Å². The summed E-state index contributed by atoms with van der Waals surface area (Å²) in [4.78, 5) is 14.9. The standard InChI is InChI=1S/C11H15N3O2/c1-16-9(15)11-4-7-2-10(11,6-13-14-12)3-8(7)5-11/h7-8H,2-6H2,1H3. The van der Waals surface area contributed by atoms with Gasteiger partial charge in [-0.3, -0.25) is 4.79 Å². The van der Waals surface area contributed by atoms with Crippen LogP contribution in [0.2, 0.25) is 0 Å². The smallest absolute Gasteiger partial charge is 0.312 e. The summed E-state index contributed by atoms with van der Waals surface area (Å²) in [5.41, 5.74) is 8.06. The van der Waals surface area contributed by atoms with Crippen molar-refractivity contribution in [2.45, 2.75) is 25.7 Å². The molecule has 4 aliphatic carbocycles. The summed E-state index contributed by atoms with van der Waals surface area (Å²) in [5, 5.41) is 3.74. The lowest BCUT2D eigenvalue weighted by Crippen LogP contribution is -2.42. The molecule has 4 aliphatic rings. The van der Waals surface area contributed by atoms with Crippen LogP contribution in [-0.2, 0) is 9.53 Å². The van der Waals surface area contributed by atoms with E-state index in [0.29, 0.717) is 18.4 Å². The first kappa shape index (κ1) is 9.97. The van der Waals surface area contributed by atoms with Crippen molar-refractivity contribution in [3.63, 3.8) is 0 Å². The Morgan fingerprint density at radius 3 is 2.56 bits per heavy atom. The van der Waals surface area contributed by atoms with E-state index < -0.39 is 0 Å². The fourth-order valence-electron chi connectivity index (χ4n) is 4.73. The second-order valence-electron chi connectivity index (χ2n) is 5.58. The number of rotatable bonds is 3. The summed E-state index contributed by atoms with van der Waals surface area (Å²) in [6, 6.07) is 0. The maximum Gasteiger partial charge on any atom is 0.312 e. The summed E-state index contributed by atoms with van der Waals surface area (Å²) in [5.74, 6) is 1.24. The van der Waals surface area contributed by atoms with Crippen molar-refractivity contribution in [1.29, 1.82) is 0 Å². The highest BCUT2D eigenvalue weighted by molar-refractivity contribution is 5.80. The molecule has 4 saturated carbocycles. The molecule has 4 bridgehead atoms. The Morgan fingerprint density at radius 1 is 1.44 bits per heavy atom. The molecule has 0 saturated heterocycles. The molecule has 0 radical (unpaired) electrons. The van der Waals surface area contributed by atoms with Gasteiger partial charge in [0.15, 0.2) is 0 Å². The Balaban J connectivity index is 1.99. The summed E-state index contributed by atoms with van der Waals surface area (Å²) < 4.78 is 4.98. The van der Waals surface area contributed by atoms with Crippen LogP contribution in [0.4, 0.5) is 0 Å². The molecule has 4 fully saturated rings. The van der Waals surface area contributed by atoms with Gasteiger partial charge < -0.3 is 4.74 Å². The molecule has 0 N–H and O–H groups in total. The predicted octanol–water partition coefficient (Wildman–Crippen LogP) is 2.28. The van der Waals surface area contributed by atoms with E-state index in [1.54, 1.807) is 0 Å². The lowest BCUT2D eigenvalue weighted by atomic mass is 9.68. The monoisotopic (exact) mass is 221 g/mol. The van der Waals surface area contributed by atoms with Crippen LogP contribution in [0.1, 0.15) is 25.7 Å². The highest BCUT2D eigenvalue weighted by Gasteiger charge is 2.74. The van der Waals surface area contributed by atoms with Crippen molar-refractivity contribution < 1.29 is 9.53 Å². The number of carbonyl (C=O) groups is 1. The number of ether oxygens (including phenoxy) is 1. The van der Waals surface area contributed by atoms with Gasteiger partial charge in [-0.2, -0.15) is 0 Å². The van der Waals surface area contributed by atoms with Crippen LogP contribution < -0.4 is 0 Å². The van der Waals surface area contributed by atoms with Crippen LogP contribution in [0.3, 0.4) is 0 Å². The van der Waals surface area contributed by atoms with E-state index in [4.69, 9.17) is 10.3 Å². The SMILES string of the molecule is COC(=O)C12CC3CC1(CN=[N+]=[N-])CC3C2. The minimum Gasteiger partial charge on any atom is -0.469 e. The Bertz CT molecular complexity index is 386. The maximum absolute atomic E-state index is 12.0. The maximum atomic E-state index is 12.0. The van der Waals surface area contributed by atoms with Crippen molar-refractivity contribution >= 4 is 5.97 Å². The van der Waals surface area contributed by atoms with E-state index in [1.807, 2.05) is 0 Å². The second kappa shape index (κ2) is 2.92. The Kier molecular flexibility index (Phi) is 1.82. The van der Waals surface area contributed by atoms with Gasteiger partial charge in [0.2, 0.25) is 0 Å². The number of nitrogens with zero attached hydrogens (tertiary/aromatic N) is 3. The summed E-state index contributed by atoms with van der Waals surface area (Å²) >= 11 is 0. The van der Waals surface area contributed by atoms with E-state index in [0.717, 1.165) is 25.7 Å². The van der Waals surface area contributed by atoms with Crippen molar-refractivity contribution in [2.75, 3.05) is 13.7 Å². The molecular weight excluding hydrogens is 206 g/mol. The average Bonchev–Trinajstić information content (AvgIpc) is 2.95. The van der Waals surface area contributed by atoms with Crippen molar-refractivity contribution in [2.24, 2.45) is 27.8 Å². The van der Waals surface area contributed by atoms with Gasteiger partial charge in [0.25, 0.3) is 0 Å². The quantitative estimate of drug-likeness (QED) is 0.317. The number of hydrogen-bond acceptors (Lipinski definition) is 3. The molecule has 4 rings (SSSR count). The van der Waals surface area contributed by atoms with Crippen LogP contribution >= 0.6 is 0 Å². The number of azide groups is 1.